The number of aromatic nitrogens is 2. The monoisotopic (exact) mass is 340 g/mol. The zero-order valence-corrected chi connectivity index (χ0v) is 14.5. The van der Waals surface area contributed by atoms with Gasteiger partial charge in [0.05, 0.1) is 6.10 Å². The summed E-state index contributed by atoms with van der Waals surface area (Å²) in [5, 5.41) is 0. The first-order valence-electron chi connectivity index (χ1n) is 8.76. The third kappa shape index (κ3) is 4.33. The van der Waals surface area contributed by atoms with E-state index in [1.807, 2.05) is 36.1 Å². The van der Waals surface area contributed by atoms with E-state index in [4.69, 9.17) is 10.5 Å². The summed E-state index contributed by atoms with van der Waals surface area (Å²) in [6.07, 6.45) is 6.78. The van der Waals surface area contributed by atoms with Crippen LogP contribution in [0.1, 0.15) is 36.5 Å². The first-order chi connectivity index (χ1) is 12.2. The van der Waals surface area contributed by atoms with Crippen molar-refractivity contribution < 1.29 is 9.53 Å². The van der Waals surface area contributed by atoms with Crippen LogP contribution in [0.4, 0.5) is 5.95 Å². The van der Waals surface area contributed by atoms with Gasteiger partial charge in [0.15, 0.2) is 0 Å². The number of anilines is 1. The number of benzene rings is 1. The van der Waals surface area contributed by atoms with Gasteiger partial charge in [-0.25, -0.2) is 9.97 Å². The highest BCUT2D eigenvalue weighted by molar-refractivity contribution is 5.95. The van der Waals surface area contributed by atoms with E-state index in [0.717, 1.165) is 30.6 Å². The molecule has 1 aromatic heterocycles. The SMILES string of the molecule is CCN(CC1CCCCO1)C(=O)c1cccc(-c2cnc(N)nc2)c1. The fourth-order valence-electron chi connectivity index (χ4n) is 3.05. The molecule has 1 amide bonds. The van der Waals surface area contributed by atoms with E-state index >= 15 is 0 Å². The van der Waals surface area contributed by atoms with Crippen LogP contribution < -0.4 is 5.73 Å². The standard InChI is InChI=1S/C19H24N4O2/c1-2-23(13-17-8-3-4-9-25-17)18(24)15-7-5-6-14(10-15)16-11-21-19(20)22-12-16/h5-7,10-12,17H,2-4,8-9,13H2,1H3,(H2,20,21,22). The molecule has 1 aromatic carbocycles. The highest BCUT2D eigenvalue weighted by Gasteiger charge is 2.21. The summed E-state index contributed by atoms with van der Waals surface area (Å²) >= 11 is 0. The molecule has 1 aliphatic heterocycles. The molecule has 1 unspecified atom stereocenters. The lowest BCUT2D eigenvalue weighted by Gasteiger charge is -2.29. The van der Waals surface area contributed by atoms with Gasteiger partial charge < -0.3 is 15.4 Å². The van der Waals surface area contributed by atoms with Crippen molar-refractivity contribution in [3.8, 4) is 11.1 Å². The molecular weight excluding hydrogens is 316 g/mol. The van der Waals surface area contributed by atoms with Gasteiger partial charge in [-0.2, -0.15) is 0 Å². The van der Waals surface area contributed by atoms with Crippen LogP contribution in [0, 0.1) is 0 Å². The molecule has 1 atom stereocenters. The molecule has 1 fully saturated rings. The van der Waals surface area contributed by atoms with Gasteiger partial charge in [0.25, 0.3) is 5.91 Å². The van der Waals surface area contributed by atoms with Gasteiger partial charge in [-0.15, -0.1) is 0 Å². The number of carbonyl (C=O) groups is 1. The van der Waals surface area contributed by atoms with Crippen LogP contribution >= 0.6 is 0 Å². The minimum absolute atomic E-state index is 0.0230. The predicted octanol–water partition coefficient (Wildman–Crippen LogP) is 2.76. The average Bonchev–Trinajstić information content (AvgIpc) is 2.67. The number of amides is 1. The molecule has 2 N–H and O–H groups in total. The maximum absolute atomic E-state index is 12.9. The first kappa shape index (κ1) is 17.4. The van der Waals surface area contributed by atoms with E-state index in [1.54, 1.807) is 12.4 Å². The number of hydrogen-bond acceptors (Lipinski definition) is 5. The normalized spacial score (nSPS) is 17.2. The second-order valence-corrected chi connectivity index (χ2v) is 6.24. The molecule has 3 rings (SSSR count). The second-order valence-electron chi connectivity index (χ2n) is 6.24. The van der Waals surface area contributed by atoms with Crippen molar-refractivity contribution in [2.24, 2.45) is 0 Å². The van der Waals surface area contributed by atoms with Gasteiger partial charge in [-0.1, -0.05) is 12.1 Å². The number of hydrogen-bond donors (Lipinski definition) is 1. The summed E-state index contributed by atoms with van der Waals surface area (Å²) in [6, 6.07) is 7.53. The fourth-order valence-corrected chi connectivity index (χ4v) is 3.05. The molecule has 0 saturated carbocycles. The molecule has 0 radical (unpaired) electrons. The lowest BCUT2D eigenvalue weighted by atomic mass is 10.0. The average molecular weight is 340 g/mol. The highest BCUT2D eigenvalue weighted by atomic mass is 16.5. The van der Waals surface area contributed by atoms with E-state index in [1.165, 1.54) is 6.42 Å². The largest absolute Gasteiger partial charge is 0.376 e. The Balaban J connectivity index is 1.76. The molecule has 0 spiro atoms. The van der Waals surface area contributed by atoms with E-state index in [-0.39, 0.29) is 18.0 Å². The van der Waals surface area contributed by atoms with Gasteiger partial charge in [0, 0.05) is 43.2 Å². The summed E-state index contributed by atoms with van der Waals surface area (Å²) in [5.74, 6) is 0.260. The van der Waals surface area contributed by atoms with E-state index < -0.39 is 0 Å². The zero-order valence-electron chi connectivity index (χ0n) is 14.5. The van der Waals surface area contributed by atoms with Crippen LogP contribution in [0.5, 0.6) is 0 Å². The smallest absolute Gasteiger partial charge is 0.253 e. The third-order valence-corrected chi connectivity index (χ3v) is 4.48. The van der Waals surface area contributed by atoms with E-state index in [9.17, 15) is 4.79 Å². The van der Waals surface area contributed by atoms with Crippen molar-refractivity contribution in [2.45, 2.75) is 32.3 Å². The number of carbonyl (C=O) groups excluding carboxylic acids is 1. The number of nitrogen functional groups attached to an aromatic ring is 1. The van der Waals surface area contributed by atoms with Crippen molar-refractivity contribution >= 4 is 11.9 Å². The molecule has 0 aliphatic carbocycles. The second kappa shape index (κ2) is 8.07. The van der Waals surface area contributed by atoms with Crippen molar-refractivity contribution in [1.82, 2.24) is 14.9 Å². The zero-order chi connectivity index (χ0) is 17.6. The van der Waals surface area contributed by atoms with Gasteiger partial charge >= 0.3 is 0 Å². The lowest BCUT2D eigenvalue weighted by molar-refractivity contribution is -0.00311. The predicted molar refractivity (Wildman–Crippen MR) is 97.0 cm³/mol. The van der Waals surface area contributed by atoms with E-state index in [0.29, 0.717) is 18.7 Å². The number of likely N-dealkylation sites (N-methyl/N-ethyl adjacent to an activating group) is 1. The van der Waals surface area contributed by atoms with Crippen molar-refractivity contribution in [2.75, 3.05) is 25.4 Å². The lowest BCUT2D eigenvalue weighted by Crippen LogP contribution is -2.39. The number of nitrogens with two attached hydrogens (primary N) is 1. The molecular formula is C19H24N4O2. The number of ether oxygens (including phenoxy) is 1. The molecule has 6 heteroatoms. The van der Waals surface area contributed by atoms with Crippen LogP contribution in [0.15, 0.2) is 36.7 Å². The van der Waals surface area contributed by atoms with Gasteiger partial charge in [0.2, 0.25) is 5.95 Å². The van der Waals surface area contributed by atoms with Crippen molar-refractivity contribution in [3.05, 3.63) is 42.2 Å². The Morgan fingerprint density at radius 3 is 2.76 bits per heavy atom. The van der Waals surface area contributed by atoms with Crippen LogP contribution in [-0.2, 0) is 4.74 Å². The quantitative estimate of drug-likeness (QED) is 0.905. The Bertz CT molecular complexity index is 712. The van der Waals surface area contributed by atoms with E-state index in [2.05, 4.69) is 9.97 Å². The van der Waals surface area contributed by atoms with Crippen LogP contribution in [0.25, 0.3) is 11.1 Å². The molecule has 25 heavy (non-hydrogen) atoms. The maximum atomic E-state index is 12.9. The minimum Gasteiger partial charge on any atom is -0.376 e. The molecule has 6 nitrogen and oxygen atoms in total. The van der Waals surface area contributed by atoms with Gasteiger partial charge in [-0.3, -0.25) is 4.79 Å². The summed E-state index contributed by atoms with van der Waals surface area (Å²) in [7, 11) is 0. The fraction of sp³-hybridized carbons (Fsp3) is 0.421. The molecule has 2 aromatic rings. The molecule has 2 heterocycles. The topological polar surface area (TPSA) is 81.3 Å². The van der Waals surface area contributed by atoms with Crippen LogP contribution in [0.3, 0.4) is 0 Å². The third-order valence-electron chi connectivity index (χ3n) is 4.48. The van der Waals surface area contributed by atoms with Gasteiger partial charge in [0.1, 0.15) is 0 Å². The summed E-state index contributed by atoms with van der Waals surface area (Å²) in [4.78, 5) is 22.8. The Labute approximate surface area is 148 Å². The summed E-state index contributed by atoms with van der Waals surface area (Å²) in [5.41, 5.74) is 7.93. The highest BCUT2D eigenvalue weighted by Crippen LogP contribution is 2.21. The van der Waals surface area contributed by atoms with Crippen LogP contribution in [0.2, 0.25) is 0 Å². The Morgan fingerprint density at radius 1 is 1.28 bits per heavy atom. The molecule has 1 saturated heterocycles. The molecule has 0 bridgehead atoms. The summed E-state index contributed by atoms with van der Waals surface area (Å²) in [6.45, 7) is 4.10. The van der Waals surface area contributed by atoms with Gasteiger partial charge in [-0.05, 0) is 43.9 Å². The van der Waals surface area contributed by atoms with Crippen molar-refractivity contribution in [1.29, 1.82) is 0 Å². The number of nitrogens with zero attached hydrogens (tertiary/aromatic N) is 3. The Kier molecular flexibility index (Phi) is 5.60. The number of rotatable bonds is 5. The molecule has 1 aliphatic rings. The maximum Gasteiger partial charge on any atom is 0.253 e. The Morgan fingerprint density at radius 2 is 2.08 bits per heavy atom. The Hall–Kier alpha value is -2.47. The van der Waals surface area contributed by atoms with Crippen molar-refractivity contribution in [3.63, 3.8) is 0 Å². The molecule has 132 valence electrons. The summed E-state index contributed by atoms with van der Waals surface area (Å²) < 4.78 is 5.78. The van der Waals surface area contributed by atoms with Crippen LogP contribution in [-0.4, -0.2) is 46.6 Å². The minimum atomic E-state index is 0.0230. The first-order valence-corrected chi connectivity index (χ1v) is 8.76.